The third-order valence-corrected chi connectivity index (χ3v) is 12.2. The second-order valence-corrected chi connectivity index (χ2v) is 15.3. The molecule has 0 radical (unpaired) electrons. The smallest absolute Gasteiger partial charge is 0.251 e. The molecule has 0 aliphatic carbocycles. The highest BCUT2D eigenvalue weighted by Gasteiger charge is 2.74. The molecular formula is C40H47N3O5S. The van der Waals surface area contributed by atoms with Crippen LogP contribution in [0.15, 0.2) is 92.0 Å². The van der Waals surface area contributed by atoms with Crippen LogP contribution >= 0.6 is 11.8 Å². The third-order valence-electron chi connectivity index (χ3n) is 10.3. The molecule has 1 spiro atoms. The highest BCUT2D eigenvalue weighted by molar-refractivity contribution is 8.02. The van der Waals surface area contributed by atoms with E-state index < -0.39 is 28.7 Å². The number of anilines is 2. The van der Waals surface area contributed by atoms with Gasteiger partial charge >= 0.3 is 0 Å². The number of rotatable bonds is 14. The van der Waals surface area contributed by atoms with Gasteiger partial charge in [-0.05, 0) is 79.3 Å². The van der Waals surface area contributed by atoms with Crippen molar-refractivity contribution in [1.29, 1.82) is 0 Å². The standard InChI is InChI=1S/C40H47N3O5S/c1-6-21-41(29-15-17-32(18-16-29)48-8-3)37(45)34-33-19-20-40(49-33)35(34)38(46)43(31(25-44)23-26(4)5)36(40)39(47)42(22-7-2)30-14-13-27-11-9-10-12-28(27)24-30/h6-7,9-18,24,26,31,33-36,44H,1-2,8,19-23,25H2,3-5H3/t31-,33-,34+,35+,36?,40?/m1/s1. The molecule has 2 bridgehead atoms. The number of aliphatic hydroxyl groups excluding tert-OH is 1. The van der Waals surface area contributed by atoms with Gasteiger partial charge in [-0.2, -0.15) is 0 Å². The van der Waals surface area contributed by atoms with E-state index in [4.69, 9.17) is 4.74 Å². The molecule has 1 N–H and O–H groups in total. The normalized spacial score (nSPS) is 24.6. The predicted molar refractivity (Wildman–Crippen MR) is 198 cm³/mol. The van der Waals surface area contributed by atoms with Gasteiger partial charge in [-0.3, -0.25) is 14.4 Å². The number of aliphatic hydroxyl groups is 1. The van der Waals surface area contributed by atoms with Gasteiger partial charge in [0.1, 0.15) is 11.8 Å². The van der Waals surface area contributed by atoms with Crippen molar-refractivity contribution in [3.63, 3.8) is 0 Å². The maximum absolute atomic E-state index is 15.1. The van der Waals surface area contributed by atoms with Gasteiger partial charge in [0.2, 0.25) is 11.8 Å². The Labute approximate surface area is 293 Å². The molecule has 3 amide bonds. The van der Waals surface area contributed by atoms with Gasteiger partial charge < -0.3 is 24.5 Å². The van der Waals surface area contributed by atoms with Crippen molar-refractivity contribution in [2.75, 3.05) is 36.1 Å². The van der Waals surface area contributed by atoms with Gasteiger partial charge in [0.05, 0.1) is 35.8 Å². The quantitative estimate of drug-likeness (QED) is 0.196. The van der Waals surface area contributed by atoms with E-state index in [0.29, 0.717) is 30.9 Å². The molecule has 3 aliphatic rings. The summed E-state index contributed by atoms with van der Waals surface area (Å²) in [7, 11) is 0. The summed E-state index contributed by atoms with van der Waals surface area (Å²) in [6.07, 6.45) is 5.30. The molecule has 3 heterocycles. The lowest BCUT2D eigenvalue weighted by atomic mass is 9.70. The molecule has 9 heteroatoms. The number of hydrogen-bond donors (Lipinski definition) is 1. The molecule has 0 saturated carbocycles. The average molecular weight is 682 g/mol. The highest BCUT2D eigenvalue weighted by Crippen LogP contribution is 2.67. The van der Waals surface area contributed by atoms with Crippen LogP contribution in [0.1, 0.15) is 40.0 Å². The van der Waals surface area contributed by atoms with E-state index in [1.807, 2.05) is 73.7 Å². The molecule has 3 aliphatic heterocycles. The van der Waals surface area contributed by atoms with Crippen molar-refractivity contribution in [2.24, 2.45) is 17.8 Å². The van der Waals surface area contributed by atoms with Crippen LogP contribution in [-0.2, 0) is 14.4 Å². The number of nitrogens with zero attached hydrogens (tertiary/aromatic N) is 3. The first-order valence-corrected chi connectivity index (χ1v) is 18.2. The number of hydrogen-bond acceptors (Lipinski definition) is 6. The summed E-state index contributed by atoms with van der Waals surface area (Å²) in [5.74, 6) is -0.993. The zero-order valence-electron chi connectivity index (χ0n) is 28.7. The van der Waals surface area contributed by atoms with Crippen LogP contribution in [0.2, 0.25) is 0 Å². The van der Waals surface area contributed by atoms with Gasteiger partial charge in [-0.1, -0.05) is 56.3 Å². The van der Waals surface area contributed by atoms with Crippen LogP contribution in [0.4, 0.5) is 11.4 Å². The summed E-state index contributed by atoms with van der Waals surface area (Å²) in [5.41, 5.74) is 1.42. The first-order valence-electron chi connectivity index (χ1n) is 17.4. The number of carbonyl (C=O) groups excluding carboxylic acids is 3. The zero-order chi connectivity index (χ0) is 34.9. The summed E-state index contributed by atoms with van der Waals surface area (Å²) >= 11 is 1.64. The van der Waals surface area contributed by atoms with Crippen LogP contribution < -0.4 is 14.5 Å². The summed E-state index contributed by atoms with van der Waals surface area (Å²) in [6, 6.07) is 19.9. The van der Waals surface area contributed by atoms with Gasteiger partial charge in [-0.15, -0.1) is 24.9 Å². The fourth-order valence-electron chi connectivity index (χ4n) is 8.33. The summed E-state index contributed by atoms with van der Waals surface area (Å²) < 4.78 is 4.82. The SMILES string of the molecule is C=CCN(C(=O)C1N([C@@H](CO)CC(C)C)C(=O)[C@@H]2[C@@H](C(=O)N(CC=C)c3ccc(OCC)cc3)[C@H]3CCC12S3)c1ccc2ccccc2c1. The Morgan fingerprint density at radius 3 is 2.29 bits per heavy atom. The predicted octanol–water partition coefficient (Wildman–Crippen LogP) is 6.47. The summed E-state index contributed by atoms with van der Waals surface area (Å²) in [5, 5.41) is 12.7. The molecule has 3 aromatic carbocycles. The Balaban J connectivity index is 1.42. The second kappa shape index (κ2) is 14.4. The molecule has 0 aromatic heterocycles. The van der Waals surface area contributed by atoms with Crippen molar-refractivity contribution >= 4 is 51.6 Å². The first-order chi connectivity index (χ1) is 23.7. The molecule has 2 unspecified atom stereocenters. The molecule has 3 fully saturated rings. The number of amides is 3. The van der Waals surface area contributed by atoms with Crippen molar-refractivity contribution in [1.82, 2.24) is 4.90 Å². The molecule has 3 aromatic rings. The zero-order valence-corrected chi connectivity index (χ0v) is 29.5. The fourth-order valence-corrected chi connectivity index (χ4v) is 10.5. The lowest BCUT2D eigenvalue weighted by Crippen LogP contribution is -2.58. The van der Waals surface area contributed by atoms with E-state index in [0.717, 1.165) is 22.9 Å². The van der Waals surface area contributed by atoms with E-state index in [1.54, 1.807) is 38.6 Å². The maximum Gasteiger partial charge on any atom is 0.251 e. The molecule has 8 nitrogen and oxygen atoms in total. The van der Waals surface area contributed by atoms with E-state index in [1.165, 1.54) is 0 Å². The minimum absolute atomic E-state index is 0.111. The number of thioether (sulfide) groups is 1. The molecule has 6 rings (SSSR count). The Morgan fingerprint density at radius 1 is 1.00 bits per heavy atom. The van der Waals surface area contributed by atoms with Gasteiger partial charge in [-0.25, -0.2) is 0 Å². The highest BCUT2D eigenvalue weighted by atomic mass is 32.2. The summed E-state index contributed by atoms with van der Waals surface area (Å²) in [4.78, 5) is 49.9. The molecule has 3 saturated heterocycles. The van der Waals surface area contributed by atoms with Crippen LogP contribution in [0, 0.1) is 17.8 Å². The van der Waals surface area contributed by atoms with Crippen molar-refractivity contribution in [2.45, 2.75) is 62.1 Å². The minimum atomic E-state index is -0.849. The van der Waals surface area contributed by atoms with Gasteiger partial charge in [0.25, 0.3) is 5.91 Å². The molecule has 6 atom stereocenters. The van der Waals surface area contributed by atoms with Crippen molar-refractivity contribution in [3.8, 4) is 5.75 Å². The van der Waals surface area contributed by atoms with E-state index in [-0.39, 0.29) is 48.6 Å². The fraction of sp³-hybridized carbons (Fsp3) is 0.425. The average Bonchev–Trinajstić information content (AvgIpc) is 3.75. The number of likely N-dealkylation sites (tertiary alicyclic amines) is 1. The van der Waals surface area contributed by atoms with Gasteiger partial charge in [0, 0.05) is 29.7 Å². The van der Waals surface area contributed by atoms with Crippen LogP contribution in [-0.4, -0.2) is 76.1 Å². The number of ether oxygens (including phenoxy) is 1. The molecule has 258 valence electrons. The van der Waals surface area contributed by atoms with Crippen LogP contribution in [0.5, 0.6) is 5.75 Å². The van der Waals surface area contributed by atoms with E-state index >= 15 is 4.79 Å². The Bertz CT molecular complexity index is 1730. The summed E-state index contributed by atoms with van der Waals surface area (Å²) in [6.45, 7) is 14.7. The second-order valence-electron chi connectivity index (χ2n) is 13.7. The Morgan fingerprint density at radius 2 is 1.65 bits per heavy atom. The largest absolute Gasteiger partial charge is 0.494 e. The van der Waals surface area contributed by atoms with Crippen LogP contribution in [0.25, 0.3) is 10.8 Å². The van der Waals surface area contributed by atoms with Crippen LogP contribution in [0.3, 0.4) is 0 Å². The number of fused-ring (bicyclic) bond motifs is 2. The topological polar surface area (TPSA) is 90.4 Å². The van der Waals surface area contributed by atoms with E-state index in [2.05, 4.69) is 27.0 Å². The van der Waals surface area contributed by atoms with Gasteiger partial charge in [0.15, 0.2) is 0 Å². The first kappa shape index (κ1) is 34.8. The van der Waals surface area contributed by atoms with Crippen molar-refractivity contribution in [3.05, 3.63) is 92.0 Å². The third kappa shape index (κ3) is 6.16. The molecule has 49 heavy (non-hydrogen) atoms. The Kier molecular flexibility index (Phi) is 10.2. The number of benzene rings is 3. The minimum Gasteiger partial charge on any atom is -0.494 e. The van der Waals surface area contributed by atoms with E-state index in [9.17, 15) is 14.7 Å². The lowest BCUT2D eigenvalue weighted by Gasteiger charge is -2.40. The monoisotopic (exact) mass is 681 g/mol. The van der Waals surface area contributed by atoms with Crippen molar-refractivity contribution < 1.29 is 24.2 Å². The molecular weight excluding hydrogens is 635 g/mol. The number of carbonyl (C=O) groups is 3. The lowest BCUT2D eigenvalue weighted by molar-refractivity contribution is -0.142. The Hall–Kier alpha value is -4.08. The maximum atomic E-state index is 15.1.